The van der Waals surface area contributed by atoms with Crippen LogP contribution in [0.1, 0.15) is 47.5 Å². The largest absolute Gasteiger partial charge is 0.359 e. The van der Waals surface area contributed by atoms with E-state index in [0.717, 1.165) is 19.4 Å². The fraction of sp³-hybridized carbons (Fsp3) is 0.444. The molecule has 1 aliphatic rings. The highest BCUT2D eigenvalue weighted by Crippen LogP contribution is 2.18. The first-order chi connectivity index (χ1) is 11.2. The molecule has 0 radical (unpaired) electrons. The third kappa shape index (κ3) is 4.42. The van der Waals surface area contributed by atoms with Crippen molar-refractivity contribution in [2.75, 3.05) is 7.05 Å². The highest BCUT2D eigenvalue weighted by Gasteiger charge is 2.20. The Labute approximate surface area is 136 Å². The molecule has 5 heteroatoms. The second kappa shape index (κ2) is 7.42. The fourth-order valence-electron chi connectivity index (χ4n) is 3.04. The van der Waals surface area contributed by atoms with Crippen LogP contribution in [0.25, 0.3) is 0 Å². The number of hydrogen-bond acceptors (Lipinski definition) is 4. The van der Waals surface area contributed by atoms with Crippen LogP contribution in [-0.4, -0.2) is 29.1 Å². The zero-order chi connectivity index (χ0) is 16.1. The summed E-state index contributed by atoms with van der Waals surface area (Å²) in [7, 11) is 2.02. The number of nitrogens with zero attached hydrogens (tertiary/aromatic N) is 2. The number of aromatic nitrogens is 1. The zero-order valence-electron chi connectivity index (χ0n) is 13.5. The Kier molecular flexibility index (Phi) is 5.08. The molecule has 0 atom stereocenters. The van der Waals surface area contributed by atoms with E-state index in [0.29, 0.717) is 24.0 Å². The van der Waals surface area contributed by atoms with Crippen LogP contribution in [0.3, 0.4) is 0 Å². The van der Waals surface area contributed by atoms with Gasteiger partial charge in [0.15, 0.2) is 11.5 Å². The van der Waals surface area contributed by atoms with E-state index in [2.05, 4.69) is 27.5 Å². The van der Waals surface area contributed by atoms with Crippen molar-refractivity contribution in [3.05, 3.63) is 53.4 Å². The van der Waals surface area contributed by atoms with Crippen molar-refractivity contribution >= 4 is 5.91 Å². The van der Waals surface area contributed by atoms with Gasteiger partial charge in [0.25, 0.3) is 5.91 Å². The summed E-state index contributed by atoms with van der Waals surface area (Å²) in [5.41, 5.74) is 1.62. The predicted octanol–water partition coefficient (Wildman–Crippen LogP) is 2.98. The predicted molar refractivity (Wildman–Crippen MR) is 87.8 cm³/mol. The summed E-state index contributed by atoms with van der Waals surface area (Å²) in [5, 5.41) is 6.93. The van der Waals surface area contributed by atoms with Gasteiger partial charge in [-0.15, -0.1) is 0 Å². The molecule has 122 valence electrons. The molecule has 2 aromatic rings. The molecule has 5 nitrogen and oxygen atoms in total. The number of benzene rings is 1. The lowest BCUT2D eigenvalue weighted by Crippen LogP contribution is -2.32. The molecular formula is C18H23N3O2. The van der Waals surface area contributed by atoms with E-state index in [1.165, 1.54) is 18.4 Å². The van der Waals surface area contributed by atoms with Crippen LogP contribution < -0.4 is 5.32 Å². The molecular weight excluding hydrogens is 290 g/mol. The normalized spacial score (nSPS) is 15.2. The van der Waals surface area contributed by atoms with Gasteiger partial charge in [0.1, 0.15) is 0 Å². The molecule has 0 spiro atoms. The molecule has 1 fully saturated rings. The molecule has 1 aromatic carbocycles. The van der Waals surface area contributed by atoms with Crippen LogP contribution in [-0.2, 0) is 13.1 Å². The molecule has 0 aliphatic heterocycles. The summed E-state index contributed by atoms with van der Waals surface area (Å²) >= 11 is 0. The lowest BCUT2D eigenvalue weighted by atomic mass is 10.2. The third-order valence-corrected chi connectivity index (χ3v) is 4.20. The Hall–Kier alpha value is -2.14. The topological polar surface area (TPSA) is 58.4 Å². The molecule has 1 aliphatic carbocycles. The van der Waals surface area contributed by atoms with Crippen molar-refractivity contribution < 1.29 is 9.32 Å². The first kappa shape index (κ1) is 15.7. The molecule has 0 saturated heterocycles. The number of nitrogens with one attached hydrogen (secondary N) is 1. The number of carbonyl (C=O) groups is 1. The monoisotopic (exact) mass is 313 g/mol. The maximum absolute atomic E-state index is 12.1. The van der Waals surface area contributed by atoms with Gasteiger partial charge >= 0.3 is 0 Å². The second-order valence-electron chi connectivity index (χ2n) is 6.29. The van der Waals surface area contributed by atoms with Crippen LogP contribution in [0.15, 0.2) is 40.9 Å². The lowest BCUT2D eigenvalue weighted by molar-refractivity contribution is 0.0928. The summed E-state index contributed by atoms with van der Waals surface area (Å²) in [6.07, 6.45) is 4.52. The van der Waals surface area contributed by atoms with Crippen LogP contribution in [0, 0.1) is 0 Å². The maximum atomic E-state index is 12.1. The van der Waals surface area contributed by atoms with Crippen LogP contribution in [0.5, 0.6) is 0 Å². The van der Waals surface area contributed by atoms with Crippen LogP contribution >= 0.6 is 0 Å². The lowest BCUT2D eigenvalue weighted by Gasteiger charge is -2.14. The number of amides is 1. The summed E-state index contributed by atoms with van der Waals surface area (Å²) in [6.45, 7) is 1.45. The van der Waals surface area contributed by atoms with Crippen molar-refractivity contribution in [1.29, 1.82) is 0 Å². The molecule has 0 unspecified atom stereocenters. The van der Waals surface area contributed by atoms with Crippen molar-refractivity contribution in [2.24, 2.45) is 0 Å². The Morgan fingerprint density at radius 3 is 2.74 bits per heavy atom. The van der Waals surface area contributed by atoms with Crippen molar-refractivity contribution in [3.63, 3.8) is 0 Å². The second-order valence-corrected chi connectivity index (χ2v) is 6.29. The Morgan fingerprint density at radius 2 is 2.00 bits per heavy atom. The molecule has 23 heavy (non-hydrogen) atoms. The van der Waals surface area contributed by atoms with Gasteiger partial charge < -0.3 is 9.84 Å². The van der Waals surface area contributed by atoms with Gasteiger partial charge in [0.05, 0.1) is 6.54 Å². The third-order valence-electron chi connectivity index (χ3n) is 4.20. The highest BCUT2D eigenvalue weighted by molar-refractivity contribution is 5.92. The Balaban J connectivity index is 1.53. The van der Waals surface area contributed by atoms with E-state index in [1.807, 2.05) is 25.2 Å². The standard InChI is InChI=1S/C18H23N3O2/c1-21(12-14-7-3-2-4-8-14)13-16-11-17(20-23-16)18(22)19-15-9-5-6-10-15/h2-4,7-8,11,15H,5-6,9-10,12-13H2,1H3,(H,19,22). The van der Waals surface area contributed by atoms with Gasteiger partial charge in [-0.05, 0) is 25.5 Å². The summed E-state index contributed by atoms with van der Waals surface area (Å²) in [5.74, 6) is 0.581. The van der Waals surface area contributed by atoms with E-state index >= 15 is 0 Å². The average molecular weight is 313 g/mol. The quantitative estimate of drug-likeness (QED) is 0.891. The SMILES string of the molecule is CN(Cc1ccccc1)Cc1cc(C(=O)NC2CCCC2)no1. The van der Waals surface area contributed by atoms with E-state index < -0.39 is 0 Å². The zero-order valence-corrected chi connectivity index (χ0v) is 13.5. The molecule has 3 rings (SSSR count). The van der Waals surface area contributed by atoms with Gasteiger partial charge in [-0.1, -0.05) is 48.3 Å². The first-order valence-electron chi connectivity index (χ1n) is 8.19. The van der Waals surface area contributed by atoms with Gasteiger partial charge in [-0.3, -0.25) is 9.69 Å². The maximum Gasteiger partial charge on any atom is 0.273 e. The van der Waals surface area contributed by atoms with Crippen molar-refractivity contribution in [1.82, 2.24) is 15.4 Å². The number of carbonyl (C=O) groups excluding carboxylic acids is 1. The minimum Gasteiger partial charge on any atom is -0.359 e. The van der Waals surface area contributed by atoms with E-state index in [4.69, 9.17) is 4.52 Å². The number of hydrogen-bond donors (Lipinski definition) is 1. The van der Waals surface area contributed by atoms with Crippen LogP contribution in [0.4, 0.5) is 0 Å². The van der Waals surface area contributed by atoms with E-state index in [-0.39, 0.29) is 5.91 Å². The Bertz CT molecular complexity index is 633. The van der Waals surface area contributed by atoms with E-state index in [9.17, 15) is 4.79 Å². The summed E-state index contributed by atoms with van der Waals surface area (Å²) < 4.78 is 5.31. The summed E-state index contributed by atoms with van der Waals surface area (Å²) in [4.78, 5) is 14.3. The molecule has 1 saturated carbocycles. The van der Waals surface area contributed by atoms with Crippen molar-refractivity contribution in [2.45, 2.75) is 44.8 Å². The van der Waals surface area contributed by atoms with Crippen molar-refractivity contribution in [3.8, 4) is 0 Å². The summed E-state index contributed by atoms with van der Waals surface area (Å²) in [6, 6.07) is 12.3. The minimum atomic E-state index is -0.127. The first-order valence-corrected chi connectivity index (χ1v) is 8.19. The average Bonchev–Trinajstić information content (AvgIpc) is 3.20. The molecule has 1 aromatic heterocycles. The van der Waals surface area contributed by atoms with Gasteiger partial charge in [-0.2, -0.15) is 0 Å². The van der Waals surface area contributed by atoms with Gasteiger partial charge in [-0.25, -0.2) is 0 Å². The molecule has 1 amide bonds. The Morgan fingerprint density at radius 1 is 1.26 bits per heavy atom. The van der Waals surface area contributed by atoms with Gasteiger partial charge in [0.2, 0.25) is 0 Å². The fourth-order valence-corrected chi connectivity index (χ4v) is 3.04. The highest BCUT2D eigenvalue weighted by atomic mass is 16.5. The molecule has 1 N–H and O–H groups in total. The minimum absolute atomic E-state index is 0.127. The molecule has 1 heterocycles. The molecule has 0 bridgehead atoms. The van der Waals surface area contributed by atoms with Gasteiger partial charge in [0, 0.05) is 18.7 Å². The van der Waals surface area contributed by atoms with E-state index in [1.54, 1.807) is 6.07 Å². The van der Waals surface area contributed by atoms with Crippen LogP contribution in [0.2, 0.25) is 0 Å². The smallest absolute Gasteiger partial charge is 0.273 e. The number of rotatable bonds is 6.